The number of allylic oxidation sites excluding steroid dienone is 1. The van der Waals surface area contributed by atoms with Gasteiger partial charge in [0.1, 0.15) is 5.76 Å². The Morgan fingerprint density at radius 2 is 1.59 bits per heavy atom. The van der Waals surface area contributed by atoms with Crippen LogP contribution in [-0.2, 0) is 48.6 Å². The van der Waals surface area contributed by atoms with Gasteiger partial charge in [-0.25, -0.2) is 4.57 Å². The minimum atomic E-state index is -3.56. The normalized spacial score (nSPS) is 11.9. The Kier molecular flexibility index (Phi) is 15.5. The molecule has 0 aliphatic rings. The second kappa shape index (κ2) is 14.5. The van der Waals surface area contributed by atoms with E-state index in [4.69, 9.17) is 25.4 Å². The average Bonchev–Trinajstić information content (AvgIpc) is 2.65. The fraction of sp³-hybridized carbons (Fsp3) is 0.692. The zero-order chi connectivity index (χ0) is 21.7. The summed E-state index contributed by atoms with van der Waals surface area (Å²) in [5.74, 6) is 0.0884. The first kappa shape index (κ1) is 28.8. The third-order valence-electron chi connectivity index (χ3n) is 2.55. The standard InChI is InChI=1S/C8H16NO5P.C5H12NO3PS2/c1-7(6-8(10)9(2)3)14-15(11,12-4)13-5;1-6-5(7)4-12-10(11,8-2)9-3/h6H,1-5H3;4H2,1-3H3,(H,6,7)/b7-6+;. The molecule has 0 saturated heterocycles. The molecule has 0 unspecified atom stereocenters. The van der Waals surface area contributed by atoms with Crippen LogP contribution in [0.15, 0.2) is 11.8 Å². The molecular weight excluding hydrogens is 438 g/mol. The summed E-state index contributed by atoms with van der Waals surface area (Å²) < 4.78 is 35.4. The van der Waals surface area contributed by atoms with Gasteiger partial charge in [-0.1, -0.05) is 11.4 Å². The van der Waals surface area contributed by atoms with Crippen molar-refractivity contribution in [2.45, 2.75) is 6.92 Å². The van der Waals surface area contributed by atoms with Crippen molar-refractivity contribution in [2.24, 2.45) is 0 Å². The van der Waals surface area contributed by atoms with Gasteiger partial charge in [0.15, 0.2) is 0 Å². The van der Waals surface area contributed by atoms with Crippen LogP contribution in [0.5, 0.6) is 0 Å². The molecule has 0 rings (SSSR count). The van der Waals surface area contributed by atoms with Gasteiger partial charge in [-0.15, -0.1) is 0 Å². The monoisotopic (exact) mass is 466 g/mol. The lowest BCUT2D eigenvalue weighted by Gasteiger charge is -2.15. The van der Waals surface area contributed by atoms with Crippen LogP contribution in [0.1, 0.15) is 6.92 Å². The summed E-state index contributed by atoms with van der Waals surface area (Å²) >= 11 is 6.25. The molecule has 0 bridgehead atoms. The van der Waals surface area contributed by atoms with Gasteiger partial charge in [0.05, 0.1) is 5.75 Å². The molecule has 0 aliphatic carbocycles. The summed E-state index contributed by atoms with van der Waals surface area (Å²) in [6.07, 6.45) is 1.20. The molecule has 14 heteroatoms. The van der Waals surface area contributed by atoms with Crippen molar-refractivity contribution in [1.82, 2.24) is 10.2 Å². The molecular formula is C13H28N2O8P2S2. The van der Waals surface area contributed by atoms with E-state index in [9.17, 15) is 14.2 Å². The molecule has 1 N–H and O–H groups in total. The smallest absolute Gasteiger partial charge is 0.409 e. The molecule has 0 radical (unpaired) electrons. The summed E-state index contributed by atoms with van der Waals surface area (Å²) in [6.45, 7) is 1.49. The van der Waals surface area contributed by atoms with Gasteiger partial charge >= 0.3 is 7.82 Å². The predicted octanol–water partition coefficient (Wildman–Crippen LogP) is 2.38. The van der Waals surface area contributed by atoms with Gasteiger partial charge < -0.3 is 23.8 Å². The maximum Gasteiger partial charge on any atom is 0.529 e. The first-order chi connectivity index (χ1) is 12.4. The minimum absolute atomic E-state index is 0.0803. The zero-order valence-electron chi connectivity index (χ0n) is 16.7. The van der Waals surface area contributed by atoms with Crippen molar-refractivity contribution in [3.05, 3.63) is 11.8 Å². The Hall–Kier alpha value is -0.450. The molecule has 10 nitrogen and oxygen atoms in total. The van der Waals surface area contributed by atoms with E-state index < -0.39 is 13.5 Å². The van der Waals surface area contributed by atoms with Crippen LogP contribution in [0.4, 0.5) is 0 Å². The van der Waals surface area contributed by atoms with Gasteiger partial charge in [0, 0.05) is 55.7 Å². The second-order valence-electron chi connectivity index (χ2n) is 4.65. The highest BCUT2D eigenvalue weighted by molar-refractivity contribution is 8.68. The third kappa shape index (κ3) is 13.4. The number of carbonyl (C=O) groups excluding carboxylic acids is 2. The largest absolute Gasteiger partial charge is 0.529 e. The van der Waals surface area contributed by atoms with Crippen LogP contribution in [-0.4, -0.2) is 72.0 Å². The summed E-state index contributed by atoms with van der Waals surface area (Å²) in [5.41, 5.74) is -2.26. The van der Waals surface area contributed by atoms with Crippen molar-refractivity contribution in [2.75, 3.05) is 55.3 Å². The highest BCUT2D eigenvalue weighted by atomic mass is 32.9. The lowest BCUT2D eigenvalue weighted by atomic mass is 10.4. The topological polar surface area (TPSA) is 113 Å². The molecule has 2 amide bonds. The van der Waals surface area contributed by atoms with Crippen LogP contribution in [0.25, 0.3) is 0 Å². The fourth-order valence-corrected chi connectivity index (χ4v) is 4.46. The Bertz CT molecular complexity index is 585. The molecule has 27 heavy (non-hydrogen) atoms. The molecule has 0 aromatic rings. The number of likely N-dealkylation sites (N-methyl/N-ethyl adjacent to an activating group) is 1. The fourth-order valence-electron chi connectivity index (χ4n) is 1.04. The maximum absolute atomic E-state index is 11.5. The summed E-state index contributed by atoms with van der Waals surface area (Å²) in [6, 6.07) is 0. The number of hydrogen-bond acceptors (Lipinski definition) is 10. The Morgan fingerprint density at radius 3 is 1.93 bits per heavy atom. The molecule has 0 fully saturated rings. The quantitative estimate of drug-likeness (QED) is 0.292. The first-order valence-corrected chi connectivity index (χ1v) is 13.0. The molecule has 0 spiro atoms. The number of amides is 2. The third-order valence-corrected chi connectivity index (χ3v) is 9.63. The van der Waals surface area contributed by atoms with Gasteiger partial charge in [0.25, 0.3) is 0 Å². The zero-order valence-corrected chi connectivity index (χ0v) is 20.1. The summed E-state index contributed by atoms with van der Waals surface area (Å²) in [5, 5.41) is 2.49. The van der Waals surface area contributed by atoms with Gasteiger partial charge in [-0.2, -0.15) is 0 Å². The first-order valence-electron chi connectivity index (χ1n) is 7.29. The highest BCUT2D eigenvalue weighted by Crippen LogP contribution is 2.59. The number of rotatable bonds is 10. The molecule has 0 saturated carbocycles. The summed E-state index contributed by atoms with van der Waals surface area (Å²) in [4.78, 5) is 23.4. The van der Waals surface area contributed by atoms with E-state index in [-0.39, 0.29) is 23.3 Å². The van der Waals surface area contributed by atoms with Gasteiger partial charge in [0.2, 0.25) is 17.5 Å². The van der Waals surface area contributed by atoms with Crippen molar-refractivity contribution in [3.63, 3.8) is 0 Å². The Labute approximate surface area is 169 Å². The highest BCUT2D eigenvalue weighted by Gasteiger charge is 2.24. The molecule has 0 aliphatic heterocycles. The molecule has 0 atom stereocenters. The van der Waals surface area contributed by atoms with E-state index in [0.717, 1.165) is 0 Å². The molecule has 160 valence electrons. The van der Waals surface area contributed by atoms with Gasteiger partial charge in [-0.3, -0.25) is 18.6 Å². The second-order valence-corrected chi connectivity index (χ2v) is 13.0. The number of nitrogens with zero attached hydrogens (tertiary/aromatic N) is 1. The van der Waals surface area contributed by atoms with Crippen molar-refractivity contribution in [1.29, 1.82) is 0 Å². The minimum Gasteiger partial charge on any atom is -0.409 e. The van der Waals surface area contributed by atoms with Crippen LogP contribution in [0.2, 0.25) is 0 Å². The lowest BCUT2D eigenvalue weighted by Crippen LogP contribution is -2.19. The average molecular weight is 466 g/mol. The Balaban J connectivity index is 0. The lowest BCUT2D eigenvalue weighted by molar-refractivity contribution is -0.123. The van der Waals surface area contributed by atoms with E-state index in [0.29, 0.717) is 0 Å². The van der Waals surface area contributed by atoms with E-state index in [1.165, 1.54) is 57.7 Å². The van der Waals surface area contributed by atoms with Gasteiger partial charge in [-0.05, 0) is 18.7 Å². The number of phosphoric ester groups is 1. The molecule has 0 heterocycles. The predicted molar refractivity (Wildman–Crippen MR) is 110 cm³/mol. The van der Waals surface area contributed by atoms with E-state index in [1.807, 2.05) is 0 Å². The molecule has 0 aromatic heterocycles. The summed E-state index contributed by atoms with van der Waals surface area (Å²) in [7, 11) is 6.58. The van der Waals surface area contributed by atoms with Crippen LogP contribution >= 0.6 is 24.9 Å². The Morgan fingerprint density at radius 1 is 1.11 bits per heavy atom. The molecule has 0 aromatic carbocycles. The van der Waals surface area contributed by atoms with Crippen LogP contribution in [0, 0.1) is 0 Å². The maximum atomic E-state index is 11.5. The van der Waals surface area contributed by atoms with E-state index in [1.54, 1.807) is 21.1 Å². The SMILES string of the molecule is CNC(=O)CSP(=S)(OC)OC.COP(=O)(OC)O/C(C)=C/C(=O)N(C)C. The van der Waals surface area contributed by atoms with E-state index >= 15 is 0 Å². The van der Waals surface area contributed by atoms with Crippen LogP contribution < -0.4 is 5.32 Å². The van der Waals surface area contributed by atoms with Crippen molar-refractivity contribution < 1.29 is 36.8 Å². The number of hydrogen-bond donors (Lipinski definition) is 1. The van der Waals surface area contributed by atoms with Crippen molar-refractivity contribution >= 4 is 48.5 Å². The van der Waals surface area contributed by atoms with Crippen LogP contribution in [0.3, 0.4) is 0 Å². The number of nitrogens with one attached hydrogen (secondary N) is 1. The number of phosphoric acid groups is 1. The van der Waals surface area contributed by atoms with Crippen molar-refractivity contribution in [3.8, 4) is 0 Å². The number of carbonyl (C=O) groups is 2. The van der Waals surface area contributed by atoms with E-state index in [2.05, 4.69) is 14.4 Å².